The number of nitrogens with zero attached hydrogens (tertiary/aromatic N) is 2. The molecule has 2 aromatic rings. The molecule has 0 atom stereocenters. The summed E-state index contributed by atoms with van der Waals surface area (Å²) in [6, 6.07) is 4.17. The molecule has 0 radical (unpaired) electrons. The minimum absolute atomic E-state index is 0.669. The molecule has 0 aliphatic heterocycles. The third-order valence-electron chi connectivity index (χ3n) is 2.19. The molecule has 0 unspecified atom stereocenters. The Hall–Kier alpha value is -0.840. The molecule has 0 amide bonds. The number of aromatic nitrogens is 2. The molecule has 2 aromatic heterocycles. The van der Waals surface area contributed by atoms with E-state index in [1.54, 1.807) is 17.5 Å². The van der Waals surface area contributed by atoms with Crippen molar-refractivity contribution >= 4 is 22.9 Å². The molecular weight excluding hydrogens is 230 g/mol. The van der Waals surface area contributed by atoms with Crippen LogP contribution in [0.1, 0.15) is 10.7 Å². The van der Waals surface area contributed by atoms with Gasteiger partial charge in [0.15, 0.2) is 0 Å². The standard InChI is InChI=1S/C10H12ClN3S/c1-14-9(11)6-13-10(14)7-12-5-8-3-2-4-15-8/h2-4,6,12H,5,7H2,1H3. The van der Waals surface area contributed by atoms with Gasteiger partial charge in [0.2, 0.25) is 0 Å². The van der Waals surface area contributed by atoms with E-state index >= 15 is 0 Å². The third-order valence-corrected chi connectivity index (χ3v) is 3.42. The van der Waals surface area contributed by atoms with E-state index in [-0.39, 0.29) is 0 Å². The number of halogens is 1. The molecule has 0 spiro atoms. The van der Waals surface area contributed by atoms with Crippen LogP contribution in [-0.2, 0) is 20.1 Å². The summed E-state index contributed by atoms with van der Waals surface area (Å²) in [6.07, 6.45) is 1.67. The van der Waals surface area contributed by atoms with E-state index in [2.05, 4.69) is 27.8 Å². The van der Waals surface area contributed by atoms with Crippen molar-refractivity contribution in [2.24, 2.45) is 7.05 Å². The van der Waals surface area contributed by atoms with Crippen molar-refractivity contribution in [3.8, 4) is 0 Å². The molecule has 2 heterocycles. The van der Waals surface area contributed by atoms with Crippen LogP contribution in [0.25, 0.3) is 0 Å². The Kier molecular flexibility index (Phi) is 3.41. The maximum atomic E-state index is 5.88. The van der Waals surface area contributed by atoms with Gasteiger partial charge in [-0.05, 0) is 11.4 Å². The second-order valence-corrected chi connectivity index (χ2v) is 4.66. The van der Waals surface area contributed by atoms with E-state index in [1.807, 2.05) is 11.6 Å². The van der Waals surface area contributed by atoms with Gasteiger partial charge in [0.25, 0.3) is 0 Å². The van der Waals surface area contributed by atoms with Crippen LogP contribution < -0.4 is 5.32 Å². The molecule has 15 heavy (non-hydrogen) atoms. The van der Waals surface area contributed by atoms with Gasteiger partial charge in [-0.25, -0.2) is 4.98 Å². The Morgan fingerprint density at radius 2 is 2.40 bits per heavy atom. The first-order valence-electron chi connectivity index (χ1n) is 4.66. The molecule has 1 N–H and O–H groups in total. The van der Waals surface area contributed by atoms with Crippen molar-refractivity contribution in [2.75, 3.05) is 0 Å². The van der Waals surface area contributed by atoms with Crippen molar-refractivity contribution < 1.29 is 0 Å². The number of nitrogens with one attached hydrogen (secondary N) is 1. The van der Waals surface area contributed by atoms with Gasteiger partial charge in [-0.3, -0.25) is 0 Å². The van der Waals surface area contributed by atoms with Crippen molar-refractivity contribution in [2.45, 2.75) is 13.1 Å². The smallest absolute Gasteiger partial charge is 0.128 e. The van der Waals surface area contributed by atoms with Crippen LogP contribution in [0.4, 0.5) is 0 Å². The fraction of sp³-hybridized carbons (Fsp3) is 0.300. The summed E-state index contributed by atoms with van der Waals surface area (Å²) in [5.74, 6) is 0.955. The average Bonchev–Trinajstić information content (AvgIpc) is 2.83. The Labute approximate surface area is 97.7 Å². The fourth-order valence-corrected chi connectivity index (χ4v) is 2.12. The van der Waals surface area contributed by atoms with Gasteiger partial charge in [-0.15, -0.1) is 11.3 Å². The predicted octanol–water partition coefficient (Wildman–Crippen LogP) is 2.42. The maximum Gasteiger partial charge on any atom is 0.128 e. The molecule has 5 heteroatoms. The summed E-state index contributed by atoms with van der Waals surface area (Å²) in [4.78, 5) is 5.54. The molecule has 0 aliphatic carbocycles. The highest BCUT2D eigenvalue weighted by Gasteiger charge is 2.03. The summed E-state index contributed by atoms with van der Waals surface area (Å²) in [6.45, 7) is 1.61. The highest BCUT2D eigenvalue weighted by atomic mass is 35.5. The van der Waals surface area contributed by atoms with Gasteiger partial charge in [0.05, 0.1) is 12.7 Å². The highest BCUT2D eigenvalue weighted by molar-refractivity contribution is 7.09. The third kappa shape index (κ3) is 2.59. The fourth-order valence-electron chi connectivity index (χ4n) is 1.30. The Morgan fingerprint density at radius 1 is 1.53 bits per heavy atom. The van der Waals surface area contributed by atoms with Gasteiger partial charge < -0.3 is 9.88 Å². The lowest BCUT2D eigenvalue weighted by Gasteiger charge is -2.03. The number of hydrogen-bond acceptors (Lipinski definition) is 3. The lowest BCUT2D eigenvalue weighted by atomic mass is 10.4. The Bertz CT molecular complexity index is 422. The zero-order valence-corrected chi connectivity index (χ0v) is 9.98. The van der Waals surface area contributed by atoms with Crippen LogP contribution in [0.3, 0.4) is 0 Å². The second-order valence-electron chi connectivity index (χ2n) is 3.24. The molecule has 0 bridgehead atoms. The largest absolute Gasteiger partial charge is 0.321 e. The van der Waals surface area contributed by atoms with Crippen molar-refractivity contribution in [3.63, 3.8) is 0 Å². The minimum atomic E-state index is 0.669. The predicted molar refractivity (Wildman–Crippen MR) is 63.1 cm³/mol. The molecule has 0 aromatic carbocycles. The number of hydrogen-bond donors (Lipinski definition) is 1. The molecule has 0 fully saturated rings. The molecular formula is C10H12ClN3S. The van der Waals surface area contributed by atoms with E-state index in [9.17, 15) is 0 Å². The molecule has 0 saturated heterocycles. The van der Waals surface area contributed by atoms with E-state index in [4.69, 9.17) is 11.6 Å². The second kappa shape index (κ2) is 4.79. The molecule has 80 valence electrons. The monoisotopic (exact) mass is 241 g/mol. The van der Waals surface area contributed by atoms with Crippen molar-refractivity contribution in [1.82, 2.24) is 14.9 Å². The van der Waals surface area contributed by atoms with E-state index < -0.39 is 0 Å². The molecule has 0 saturated carbocycles. The topological polar surface area (TPSA) is 29.9 Å². The zero-order valence-electron chi connectivity index (χ0n) is 8.40. The van der Waals surface area contributed by atoms with Crippen molar-refractivity contribution in [1.29, 1.82) is 0 Å². The van der Waals surface area contributed by atoms with Gasteiger partial charge in [-0.2, -0.15) is 0 Å². The lowest BCUT2D eigenvalue weighted by molar-refractivity contribution is 0.644. The average molecular weight is 242 g/mol. The summed E-state index contributed by atoms with van der Waals surface area (Å²) in [5.41, 5.74) is 0. The van der Waals surface area contributed by atoms with Crippen molar-refractivity contribution in [3.05, 3.63) is 39.6 Å². The summed E-state index contributed by atoms with van der Waals surface area (Å²) in [7, 11) is 1.91. The van der Waals surface area contributed by atoms with Gasteiger partial charge >= 0.3 is 0 Å². The van der Waals surface area contributed by atoms with E-state index in [0.717, 1.165) is 18.9 Å². The first kappa shape index (κ1) is 10.7. The van der Waals surface area contributed by atoms with Crippen LogP contribution in [0.2, 0.25) is 5.15 Å². The summed E-state index contributed by atoms with van der Waals surface area (Å²) < 4.78 is 1.88. The molecule has 2 rings (SSSR count). The molecule has 3 nitrogen and oxygen atoms in total. The summed E-state index contributed by atoms with van der Waals surface area (Å²) >= 11 is 7.63. The Morgan fingerprint density at radius 3 is 3.00 bits per heavy atom. The van der Waals surface area contributed by atoms with Crippen LogP contribution >= 0.6 is 22.9 Å². The quantitative estimate of drug-likeness (QED) is 0.891. The van der Waals surface area contributed by atoms with Crippen LogP contribution in [0.5, 0.6) is 0 Å². The van der Waals surface area contributed by atoms with Gasteiger partial charge in [0.1, 0.15) is 11.0 Å². The maximum absolute atomic E-state index is 5.88. The lowest BCUT2D eigenvalue weighted by Crippen LogP contribution is -2.15. The normalized spacial score (nSPS) is 10.8. The van der Waals surface area contributed by atoms with Crippen LogP contribution in [-0.4, -0.2) is 9.55 Å². The Balaban J connectivity index is 1.86. The number of rotatable bonds is 4. The van der Waals surface area contributed by atoms with Crippen LogP contribution in [0.15, 0.2) is 23.7 Å². The van der Waals surface area contributed by atoms with Gasteiger partial charge in [-0.1, -0.05) is 17.7 Å². The van der Waals surface area contributed by atoms with E-state index in [1.165, 1.54) is 4.88 Å². The first-order chi connectivity index (χ1) is 7.27. The van der Waals surface area contributed by atoms with Crippen LogP contribution in [0, 0.1) is 0 Å². The highest BCUT2D eigenvalue weighted by Crippen LogP contribution is 2.10. The number of imidazole rings is 1. The molecule has 0 aliphatic rings. The minimum Gasteiger partial charge on any atom is -0.321 e. The van der Waals surface area contributed by atoms with Gasteiger partial charge in [0, 0.05) is 18.5 Å². The zero-order chi connectivity index (χ0) is 10.7. The number of thiophene rings is 1. The summed E-state index contributed by atoms with van der Waals surface area (Å²) in [5, 5.41) is 6.07. The SMILES string of the molecule is Cn1c(Cl)cnc1CNCc1cccs1. The first-order valence-corrected chi connectivity index (χ1v) is 5.92. The van der Waals surface area contributed by atoms with E-state index in [0.29, 0.717) is 5.15 Å².